The van der Waals surface area contributed by atoms with Crippen molar-refractivity contribution < 1.29 is 24.3 Å². The number of nitro benzene ring substituents is 3. The molecule has 0 aliphatic rings. The third-order valence-electron chi connectivity index (χ3n) is 2.89. The first kappa shape index (κ1) is 17.9. The van der Waals surface area contributed by atoms with E-state index < -0.39 is 43.6 Å². The molecule has 0 radical (unpaired) electrons. The van der Waals surface area contributed by atoms with E-state index in [1.165, 1.54) is 18.2 Å². The van der Waals surface area contributed by atoms with Gasteiger partial charge in [-0.15, -0.1) is 0 Å². The zero-order chi connectivity index (χ0) is 18.7. The maximum atomic E-state index is 12.1. The van der Waals surface area contributed by atoms with Gasteiger partial charge in [-0.1, -0.05) is 22.0 Å². The molecule has 0 amide bonds. The van der Waals surface area contributed by atoms with Gasteiger partial charge < -0.3 is 4.74 Å². The second-order valence-electron chi connectivity index (χ2n) is 4.48. The van der Waals surface area contributed by atoms with Crippen molar-refractivity contribution in [3.05, 3.63) is 76.8 Å². The fourth-order valence-electron chi connectivity index (χ4n) is 1.83. The molecule has 2 aromatic rings. The van der Waals surface area contributed by atoms with Gasteiger partial charge in [0.2, 0.25) is 0 Å². The summed E-state index contributed by atoms with van der Waals surface area (Å²) in [6.45, 7) is 0. The van der Waals surface area contributed by atoms with Crippen molar-refractivity contribution in [3.63, 3.8) is 0 Å². The molecule has 0 bridgehead atoms. The third kappa shape index (κ3) is 3.92. The lowest BCUT2D eigenvalue weighted by molar-refractivity contribution is -0.404. The van der Waals surface area contributed by atoms with E-state index in [2.05, 4.69) is 15.9 Å². The molecule has 128 valence electrons. The molecule has 0 unspecified atom stereocenters. The highest BCUT2D eigenvalue weighted by atomic mass is 79.9. The molecule has 0 heterocycles. The minimum Gasteiger partial charge on any atom is -0.408 e. The van der Waals surface area contributed by atoms with Gasteiger partial charge in [0.05, 0.1) is 32.5 Å². The van der Waals surface area contributed by atoms with Crippen LogP contribution in [0.3, 0.4) is 0 Å². The number of non-ortho nitro benzene ring substituents is 1. The smallest absolute Gasteiger partial charge is 0.344 e. The second-order valence-corrected chi connectivity index (χ2v) is 5.40. The molecule has 0 N–H and O–H groups in total. The summed E-state index contributed by atoms with van der Waals surface area (Å²) in [7, 11) is 0. The van der Waals surface area contributed by atoms with Crippen molar-refractivity contribution in [2.24, 2.45) is 0 Å². The number of hydrogen-bond acceptors (Lipinski definition) is 8. The van der Waals surface area contributed by atoms with Gasteiger partial charge in [0.15, 0.2) is 0 Å². The van der Waals surface area contributed by atoms with E-state index in [1.54, 1.807) is 6.07 Å². The summed E-state index contributed by atoms with van der Waals surface area (Å²) in [6, 6.07) is 6.72. The molecule has 2 aromatic carbocycles. The average molecular weight is 412 g/mol. The number of benzene rings is 2. The average Bonchev–Trinajstić information content (AvgIpc) is 2.54. The summed E-state index contributed by atoms with van der Waals surface area (Å²) in [5.74, 6) is -2.08. The third-order valence-corrected chi connectivity index (χ3v) is 3.39. The number of nitrogens with zero attached hydrogens (tertiary/aromatic N) is 3. The van der Waals surface area contributed by atoms with Crippen molar-refractivity contribution in [2.75, 3.05) is 0 Å². The van der Waals surface area contributed by atoms with Crippen molar-refractivity contribution in [3.8, 4) is 5.75 Å². The molecule has 11 nitrogen and oxygen atoms in total. The highest BCUT2D eigenvalue weighted by molar-refractivity contribution is 9.10. The van der Waals surface area contributed by atoms with Crippen LogP contribution in [0.15, 0.2) is 40.9 Å². The number of carbonyl (C=O) groups excluding carboxylic acids is 1. The summed E-state index contributed by atoms with van der Waals surface area (Å²) in [6.07, 6.45) is 0. The van der Waals surface area contributed by atoms with Crippen LogP contribution in [0.2, 0.25) is 0 Å². The fraction of sp³-hybridized carbons (Fsp3) is 0. The van der Waals surface area contributed by atoms with Gasteiger partial charge in [-0.2, -0.15) is 0 Å². The Kier molecular flexibility index (Phi) is 5.02. The zero-order valence-corrected chi connectivity index (χ0v) is 13.5. The Morgan fingerprint density at radius 1 is 0.920 bits per heavy atom. The van der Waals surface area contributed by atoms with Crippen molar-refractivity contribution in [1.29, 1.82) is 0 Å². The van der Waals surface area contributed by atoms with Gasteiger partial charge in [0.25, 0.3) is 11.4 Å². The lowest BCUT2D eigenvalue weighted by Crippen LogP contribution is -2.11. The van der Waals surface area contributed by atoms with Crippen molar-refractivity contribution in [2.45, 2.75) is 0 Å². The number of ether oxygens (including phenoxy) is 1. The lowest BCUT2D eigenvalue weighted by Gasteiger charge is -2.06. The number of nitro groups is 3. The molecular formula is C13H6BrN3O8. The Hall–Kier alpha value is -3.41. The van der Waals surface area contributed by atoms with E-state index in [1.807, 2.05) is 0 Å². The molecule has 0 aliphatic carbocycles. The van der Waals surface area contributed by atoms with E-state index in [4.69, 9.17) is 4.74 Å². The Bertz CT molecular complexity index is 879. The Morgan fingerprint density at radius 2 is 1.48 bits per heavy atom. The molecule has 12 heteroatoms. The number of carbonyl (C=O) groups is 1. The molecule has 0 spiro atoms. The van der Waals surface area contributed by atoms with E-state index in [9.17, 15) is 35.1 Å². The standard InChI is InChI=1S/C13H6BrN3O8/c14-8-3-1-2-7(4-8)13(18)25-12-10(16(21)22)5-9(15(19)20)6-11(12)17(23)24/h1-6H. The zero-order valence-electron chi connectivity index (χ0n) is 11.9. The van der Waals surface area contributed by atoms with E-state index >= 15 is 0 Å². The molecule has 2 rings (SSSR count). The summed E-state index contributed by atoms with van der Waals surface area (Å²) >= 11 is 3.12. The van der Waals surface area contributed by atoms with Crippen LogP contribution in [0, 0.1) is 30.3 Å². The monoisotopic (exact) mass is 411 g/mol. The maximum Gasteiger partial charge on any atom is 0.344 e. The van der Waals surface area contributed by atoms with Gasteiger partial charge in [0, 0.05) is 4.47 Å². The Balaban J connectivity index is 2.58. The first-order chi connectivity index (χ1) is 11.7. The number of hydrogen-bond donors (Lipinski definition) is 0. The van der Waals surface area contributed by atoms with Gasteiger partial charge in [-0.25, -0.2) is 4.79 Å². The molecule has 0 fully saturated rings. The number of esters is 1. The first-order valence-electron chi connectivity index (χ1n) is 6.29. The molecule has 0 saturated heterocycles. The van der Waals surface area contributed by atoms with Crippen LogP contribution < -0.4 is 4.74 Å². The quantitative estimate of drug-likeness (QED) is 0.313. The number of rotatable bonds is 5. The lowest BCUT2D eigenvalue weighted by atomic mass is 10.2. The molecule has 0 aromatic heterocycles. The van der Waals surface area contributed by atoms with Crippen molar-refractivity contribution in [1.82, 2.24) is 0 Å². The van der Waals surface area contributed by atoms with Crippen LogP contribution in [-0.2, 0) is 0 Å². The summed E-state index contributed by atoms with van der Waals surface area (Å²) in [4.78, 5) is 41.9. The van der Waals surface area contributed by atoms with E-state index in [0.717, 1.165) is 0 Å². The van der Waals surface area contributed by atoms with Gasteiger partial charge in [-0.3, -0.25) is 30.3 Å². The Labute approximate surface area is 146 Å². The SMILES string of the molecule is O=C(Oc1c([N+](=O)[O-])cc([N+](=O)[O-])cc1[N+](=O)[O-])c1cccc(Br)c1. The molecule has 0 saturated carbocycles. The predicted octanol–water partition coefficient (Wildman–Crippen LogP) is 3.39. The molecule has 25 heavy (non-hydrogen) atoms. The minimum atomic E-state index is -1.11. The van der Waals surface area contributed by atoms with Crippen LogP contribution in [0.5, 0.6) is 5.75 Å². The fourth-order valence-corrected chi connectivity index (χ4v) is 2.23. The van der Waals surface area contributed by atoms with Crippen LogP contribution in [0.4, 0.5) is 17.1 Å². The molecule has 0 aliphatic heterocycles. The van der Waals surface area contributed by atoms with Crippen LogP contribution in [-0.4, -0.2) is 20.7 Å². The predicted molar refractivity (Wildman–Crippen MR) is 85.5 cm³/mol. The number of halogens is 1. The van der Waals surface area contributed by atoms with Crippen molar-refractivity contribution >= 4 is 39.0 Å². The van der Waals surface area contributed by atoms with Gasteiger partial charge >= 0.3 is 17.3 Å². The van der Waals surface area contributed by atoms with E-state index in [0.29, 0.717) is 16.6 Å². The minimum absolute atomic E-state index is 0.0312. The van der Waals surface area contributed by atoms with Gasteiger partial charge in [0.1, 0.15) is 0 Å². The maximum absolute atomic E-state index is 12.1. The summed E-state index contributed by atoms with van der Waals surface area (Å²) in [5.41, 5.74) is -3.04. The van der Waals surface area contributed by atoms with E-state index in [-0.39, 0.29) is 5.56 Å². The highest BCUT2D eigenvalue weighted by Gasteiger charge is 2.34. The first-order valence-corrected chi connectivity index (χ1v) is 7.09. The van der Waals surface area contributed by atoms with Crippen LogP contribution in [0.25, 0.3) is 0 Å². The second kappa shape index (κ2) is 7.00. The molecular weight excluding hydrogens is 406 g/mol. The Morgan fingerprint density at radius 3 is 1.92 bits per heavy atom. The largest absolute Gasteiger partial charge is 0.408 e. The van der Waals surface area contributed by atoms with Crippen LogP contribution >= 0.6 is 15.9 Å². The van der Waals surface area contributed by atoms with Gasteiger partial charge in [-0.05, 0) is 18.2 Å². The summed E-state index contributed by atoms with van der Waals surface area (Å²) < 4.78 is 5.32. The highest BCUT2D eigenvalue weighted by Crippen LogP contribution is 2.40. The normalized spacial score (nSPS) is 10.1. The molecule has 0 atom stereocenters. The summed E-state index contributed by atoms with van der Waals surface area (Å²) in [5, 5.41) is 33.0. The van der Waals surface area contributed by atoms with Crippen LogP contribution in [0.1, 0.15) is 10.4 Å². The topological polar surface area (TPSA) is 156 Å².